The summed E-state index contributed by atoms with van der Waals surface area (Å²) in [4.78, 5) is 30.0. The second kappa shape index (κ2) is 11.0. The molecule has 1 saturated carbocycles. The Balaban J connectivity index is 1.43. The predicted octanol–water partition coefficient (Wildman–Crippen LogP) is 4.98. The van der Waals surface area contributed by atoms with E-state index in [9.17, 15) is 14.0 Å². The summed E-state index contributed by atoms with van der Waals surface area (Å²) in [5.41, 5.74) is 3.83. The molecule has 1 unspecified atom stereocenters. The first-order chi connectivity index (χ1) is 16.4. The number of benzene rings is 2. The Morgan fingerprint density at radius 2 is 1.91 bits per heavy atom. The van der Waals surface area contributed by atoms with Gasteiger partial charge in [-0.1, -0.05) is 25.0 Å². The van der Waals surface area contributed by atoms with E-state index in [0.717, 1.165) is 61.6 Å². The van der Waals surface area contributed by atoms with Gasteiger partial charge in [-0.05, 0) is 73.8 Å². The van der Waals surface area contributed by atoms with Crippen LogP contribution >= 0.6 is 9.24 Å². The van der Waals surface area contributed by atoms with Gasteiger partial charge in [-0.25, -0.2) is 4.39 Å². The third-order valence-electron chi connectivity index (χ3n) is 7.25. The van der Waals surface area contributed by atoms with Crippen molar-refractivity contribution in [2.45, 2.75) is 58.3 Å². The van der Waals surface area contributed by atoms with E-state index < -0.39 is 0 Å². The van der Waals surface area contributed by atoms with E-state index in [2.05, 4.69) is 26.4 Å². The van der Waals surface area contributed by atoms with Gasteiger partial charge in [0, 0.05) is 49.4 Å². The van der Waals surface area contributed by atoms with E-state index in [4.69, 9.17) is 0 Å². The maximum absolute atomic E-state index is 14.5. The highest BCUT2D eigenvalue weighted by Crippen LogP contribution is 2.29. The first-order valence-corrected chi connectivity index (χ1v) is 13.1. The van der Waals surface area contributed by atoms with Gasteiger partial charge in [0.25, 0.3) is 5.91 Å². The maximum atomic E-state index is 14.5. The Kier molecular flexibility index (Phi) is 8.00. The zero-order chi connectivity index (χ0) is 24.2. The number of nitrogens with zero attached hydrogens (tertiary/aromatic N) is 2. The van der Waals surface area contributed by atoms with Gasteiger partial charge >= 0.3 is 0 Å². The monoisotopic (exact) mass is 483 g/mol. The van der Waals surface area contributed by atoms with Crippen LogP contribution in [0.1, 0.15) is 59.7 Å². The number of hydrogen-bond acceptors (Lipinski definition) is 3. The number of piperazine rings is 1. The van der Waals surface area contributed by atoms with Crippen LogP contribution in [0.2, 0.25) is 0 Å². The first-order valence-electron chi connectivity index (χ1n) is 12.3. The van der Waals surface area contributed by atoms with E-state index in [1.807, 2.05) is 30.0 Å². The number of anilines is 1. The van der Waals surface area contributed by atoms with Crippen LogP contribution in [0.5, 0.6) is 0 Å². The molecule has 0 spiro atoms. The third kappa shape index (κ3) is 5.67. The van der Waals surface area contributed by atoms with Gasteiger partial charge in [0.2, 0.25) is 5.91 Å². The molecule has 1 aliphatic heterocycles. The minimum Gasteiger partial charge on any atom is -0.337 e. The smallest absolute Gasteiger partial charge is 0.255 e. The zero-order valence-electron chi connectivity index (χ0n) is 20.1. The molecule has 1 aliphatic carbocycles. The van der Waals surface area contributed by atoms with Gasteiger partial charge in [0.05, 0.1) is 0 Å². The van der Waals surface area contributed by atoms with Crippen LogP contribution < -0.4 is 5.32 Å². The molecule has 182 valence electrons. The van der Waals surface area contributed by atoms with E-state index in [1.165, 1.54) is 6.07 Å². The molecule has 2 aromatic carbocycles. The Morgan fingerprint density at radius 1 is 1.15 bits per heavy atom. The SMILES string of the molecule is Cc1c(CN2CCN(C(=O)C3CCCC3)[C@@H](C)C2)cc(F)cc1NC(=O)c1cccc(CP)c1. The van der Waals surface area contributed by atoms with Crippen molar-refractivity contribution in [2.24, 2.45) is 5.92 Å². The highest BCUT2D eigenvalue weighted by atomic mass is 31.0. The number of nitrogens with one attached hydrogen (secondary N) is 1. The number of amides is 2. The van der Waals surface area contributed by atoms with Gasteiger partial charge in [-0.15, -0.1) is 9.24 Å². The molecule has 5 nitrogen and oxygen atoms in total. The molecule has 2 fully saturated rings. The standard InChI is InChI=1S/C27H35FN3O2P/c1-18-15-30(10-11-31(18)27(33)21-7-3-4-8-21)16-23-13-24(28)14-25(19(23)2)29-26(32)22-9-5-6-20(12-22)17-34/h5-6,9,12-14,18,21H,3-4,7-8,10-11,15-17,34H2,1-2H3,(H,29,32)/t18-/m0/s1. The van der Waals surface area contributed by atoms with Crippen LogP contribution in [0.4, 0.5) is 10.1 Å². The lowest BCUT2D eigenvalue weighted by molar-refractivity contribution is -0.140. The normalized spacial score (nSPS) is 19.4. The van der Waals surface area contributed by atoms with Gasteiger partial charge in [-0.3, -0.25) is 14.5 Å². The molecule has 1 heterocycles. The molecule has 0 radical (unpaired) electrons. The van der Waals surface area contributed by atoms with E-state index in [0.29, 0.717) is 30.2 Å². The van der Waals surface area contributed by atoms with Crippen molar-refractivity contribution in [1.29, 1.82) is 0 Å². The second-order valence-corrected chi connectivity index (χ2v) is 10.1. The molecule has 4 rings (SSSR count). The average molecular weight is 484 g/mol. The van der Waals surface area contributed by atoms with Crippen LogP contribution in [-0.4, -0.2) is 47.3 Å². The summed E-state index contributed by atoms with van der Waals surface area (Å²) in [6.07, 6.45) is 5.12. The summed E-state index contributed by atoms with van der Waals surface area (Å²) in [7, 11) is 2.65. The number of halogens is 1. The van der Waals surface area contributed by atoms with Gasteiger partial charge in [0.1, 0.15) is 5.82 Å². The molecule has 2 amide bonds. The Labute approximate surface area is 204 Å². The third-order valence-corrected chi connectivity index (χ3v) is 7.72. The molecule has 2 aliphatic rings. The van der Waals surface area contributed by atoms with Crippen LogP contribution in [0, 0.1) is 18.7 Å². The molecular weight excluding hydrogens is 448 g/mol. The lowest BCUT2D eigenvalue weighted by Gasteiger charge is -2.41. The molecule has 34 heavy (non-hydrogen) atoms. The minimum absolute atomic E-state index is 0.138. The quantitative estimate of drug-likeness (QED) is 0.590. The molecule has 1 N–H and O–H groups in total. The fourth-order valence-electron chi connectivity index (χ4n) is 5.22. The van der Waals surface area contributed by atoms with Crippen LogP contribution in [0.3, 0.4) is 0 Å². The molecule has 2 atom stereocenters. The molecule has 0 aromatic heterocycles. The molecular formula is C27H35FN3O2P. The van der Waals surface area contributed by atoms with Gasteiger partial charge in [-0.2, -0.15) is 0 Å². The van der Waals surface area contributed by atoms with Crippen LogP contribution in [0.15, 0.2) is 36.4 Å². The van der Waals surface area contributed by atoms with Crippen molar-refractivity contribution in [1.82, 2.24) is 9.80 Å². The van der Waals surface area contributed by atoms with Crippen molar-refractivity contribution in [2.75, 3.05) is 25.0 Å². The highest BCUT2D eigenvalue weighted by Gasteiger charge is 2.33. The molecule has 1 saturated heterocycles. The Morgan fingerprint density at radius 3 is 2.62 bits per heavy atom. The maximum Gasteiger partial charge on any atom is 0.255 e. The summed E-state index contributed by atoms with van der Waals surface area (Å²) in [5, 5.41) is 2.90. The van der Waals surface area contributed by atoms with Crippen molar-refractivity contribution >= 4 is 26.7 Å². The average Bonchev–Trinajstić information content (AvgIpc) is 3.37. The lowest BCUT2D eigenvalue weighted by atomic mass is 10.0. The first kappa shape index (κ1) is 24.8. The lowest BCUT2D eigenvalue weighted by Crippen LogP contribution is -2.54. The van der Waals surface area contributed by atoms with E-state index in [-0.39, 0.29) is 23.7 Å². The largest absolute Gasteiger partial charge is 0.337 e. The fourth-order valence-corrected chi connectivity index (χ4v) is 5.47. The number of carbonyl (C=O) groups is 2. The molecule has 7 heteroatoms. The summed E-state index contributed by atoms with van der Waals surface area (Å²) in [6, 6.07) is 10.5. The Hall–Kier alpha value is -2.30. The van der Waals surface area contributed by atoms with Crippen molar-refractivity contribution < 1.29 is 14.0 Å². The molecule has 2 aromatic rings. The summed E-state index contributed by atoms with van der Waals surface area (Å²) >= 11 is 0. The van der Waals surface area contributed by atoms with Gasteiger partial charge in [0.15, 0.2) is 0 Å². The summed E-state index contributed by atoms with van der Waals surface area (Å²) in [6.45, 7) is 6.85. The fraction of sp³-hybridized carbons (Fsp3) is 0.481. The number of rotatable bonds is 6. The van der Waals surface area contributed by atoms with Crippen molar-refractivity contribution in [3.05, 3.63) is 64.5 Å². The predicted molar refractivity (Wildman–Crippen MR) is 137 cm³/mol. The van der Waals surface area contributed by atoms with Crippen molar-refractivity contribution in [3.8, 4) is 0 Å². The summed E-state index contributed by atoms with van der Waals surface area (Å²) in [5.74, 6) is -0.102. The zero-order valence-corrected chi connectivity index (χ0v) is 21.3. The number of carbonyl (C=O) groups excluding carboxylic acids is 2. The highest BCUT2D eigenvalue weighted by molar-refractivity contribution is 7.15. The van der Waals surface area contributed by atoms with E-state index >= 15 is 0 Å². The topological polar surface area (TPSA) is 52.6 Å². The van der Waals surface area contributed by atoms with E-state index in [1.54, 1.807) is 12.1 Å². The Bertz CT molecular complexity index is 1050. The molecule has 0 bridgehead atoms. The van der Waals surface area contributed by atoms with Crippen molar-refractivity contribution in [3.63, 3.8) is 0 Å². The summed E-state index contributed by atoms with van der Waals surface area (Å²) < 4.78 is 14.5. The minimum atomic E-state index is -0.363. The second-order valence-electron chi connectivity index (χ2n) is 9.69. The van der Waals surface area contributed by atoms with Crippen LogP contribution in [0.25, 0.3) is 0 Å². The van der Waals surface area contributed by atoms with Gasteiger partial charge < -0.3 is 10.2 Å². The number of hydrogen-bond donors (Lipinski definition) is 1. The van der Waals surface area contributed by atoms with Crippen LogP contribution in [-0.2, 0) is 17.5 Å².